The van der Waals surface area contributed by atoms with E-state index in [0.717, 1.165) is 18.4 Å². The van der Waals surface area contributed by atoms with Crippen LogP contribution in [0.1, 0.15) is 85.4 Å². The molecule has 2 aromatic carbocycles. The lowest BCUT2D eigenvalue weighted by atomic mass is 9.41. The number of aliphatic hydroxyl groups excluding tert-OH is 1. The van der Waals surface area contributed by atoms with E-state index in [0.29, 0.717) is 38.5 Å². The van der Waals surface area contributed by atoms with Gasteiger partial charge in [0.15, 0.2) is 0 Å². The summed E-state index contributed by atoms with van der Waals surface area (Å²) in [6.45, 7) is 2.41. The first-order valence-electron chi connectivity index (χ1n) is 16.9. The molecule has 1 aliphatic heterocycles. The molecular formula is C37H42ClN3O7. The first kappa shape index (κ1) is 33.0. The van der Waals surface area contributed by atoms with Gasteiger partial charge in [0.2, 0.25) is 0 Å². The van der Waals surface area contributed by atoms with Crippen molar-refractivity contribution < 1.29 is 34.4 Å². The van der Waals surface area contributed by atoms with E-state index in [9.17, 15) is 29.7 Å². The Bertz CT molecular complexity index is 1710. The van der Waals surface area contributed by atoms with Crippen LogP contribution in [-0.2, 0) is 9.53 Å². The second-order valence-corrected chi connectivity index (χ2v) is 15.1. The minimum absolute atomic E-state index is 0.0336. The van der Waals surface area contributed by atoms with Gasteiger partial charge in [-0.3, -0.25) is 9.59 Å². The number of rotatable bonds is 6. The number of anilines is 1. The molecule has 0 aromatic heterocycles. The molecule has 0 spiro atoms. The Morgan fingerprint density at radius 1 is 0.938 bits per heavy atom. The molecule has 5 unspecified atom stereocenters. The standard InChI is InChI=1S/C37H42ClN3O7/c1-34-14-11-27-28(37(34,47)17-13-26(34)22-18-31(43)48-20-22)12-16-36(46)19-23(42)10-15-35(27,36)21-39-41-33(45)25-7-3-5-9-30(25)40-32(44)24-6-2-4-8-29(24)38/h2-9,18,21,23,26-28,42,46-47H,10-17,19-20H2,1H3,(H,40,44)(H,41,45)/t23-,26?,27+,28-,34?,35?,36?,37?/m1/s1. The summed E-state index contributed by atoms with van der Waals surface area (Å²) in [4.78, 5) is 38.4. The van der Waals surface area contributed by atoms with E-state index in [1.165, 1.54) is 0 Å². The predicted octanol–water partition coefficient (Wildman–Crippen LogP) is 5.02. The maximum Gasteiger partial charge on any atom is 0.331 e. The lowest BCUT2D eigenvalue weighted by Crippen LogP contribution is -2.68. The van der Waals surface area contributed by atoms with E-state index < -0.39 is 40.0 Å². The number of cyclic esters (lactones) is 1. The van der Waals surface area contributed by atoms with Crippen molar-refractivity contribution in [3.63, 3.8) is 0 Å². The zero-order chi connectivity index (χ0) is 33.9. The van der Waals surface area contributed by atoms with Gasteiger partial charge in [0, 0.05) is 29.5 Å². The van der Waals surface area contributed by atoms with Crippen LogP contribution in [0.25, 0.3) is 0 Å². The molecule has 2 amide bonds. The topological polar surface area (TPSA) is 158 Å². The number of nitrogens with zero attached hydrogens (tertiary/aromatic N) is 1. The third-order valence-corrected chi connectivity index (χ3v) is 13.0. The highest BCUT2D eigenvalue weighted by Crippen LogP contribution is 2.70. The second-order valence-electron chi connectivity index (χ2n) is 14.7. The van der Waals surface area contributed by atoms with Crippen molar-refractivity contribution in [3.05, 3.63) is 76.3 Å². The molecule has 1 heterocycles. The van der Waals surface area contributed by atoms with Gasteiger partial charge in [-0.05, 0) is 99.0 Å². The molecule has 0 bridgehead atoms. The number of amides is 2. The van der Waals surface area contributed by atoms with Gasteiger partial charge in [-0.2, -0.15) is 5.10 Å². The zero-order valence-corrected chi connectivity index (χ0v) is 27.7. The van der Waals surface area contributed by atoms with Crippen molar-refractivity contribution in [2.45, 2.75) is 82.0 Å². The highest BCUT2D eigenvalue weighted by Gasteiger charge is 2.71. The fraction of sp³-hybridized carbons (Fsp3) is 0.514. The minimum atomic E-state index is -1.27. The number of fused-ring (bicyclic) bond motifs is 5. The Balaban J connectivity index is 1.15. The molecule has 0 radical (unpaired) electrons. The van der Waals surface area contributed by atoms with Crippen LogP contribution in [0.2, 0.25) is 5.02 Å². The molecule has 5 aliphatic rings. The summed E-state index contributed by atoms with van der Waals surface area (Å²) in [5.74, 6) is -1.57. The molecule has 4 aliphatic carbocycles. The fourth-order valence-electron chi connectivity index (χ4n) is 10.3. The molecule has 4 fully saturated rings. The van der Waals surface area contributed by atoms with Crippen LogP contribution in [0.5, 0.6) is 0 Å². The van der Waals surface area contributed by atoms with Gasteiger partial charge < -0.3 is 25.4 Å². The monoisotopic (exact) mass is 675 g/mol. The number of carbonyl (C=O) groups excluding carboxylic acids is 3. The lowest BCUT2D eigenvalue weighted by molar-refractivity contribution is -0.237. The van der Waals surface area contributed by atoms with Crippen LogP contribution in [0.3, 0.4) is 0 Å². The van der Waals surface area contributed by atoms with E-state index in [4.69, 9.17) is 16.3 Å². The van der Waals surface area contributed by atoms with Crippen molar-refractivity contribution in [1.29, 1.82) is 0 Å². The van der Waals surface area contributed by atoms with Gasteiger partial charge in [-0.1, -0.05) is 42.8 Å². The Kier molecular flexibility index (Phi) is 8.30. The largest absolute Gasteiger partial charge is 0.458 e. The molecule has 2 aromatic rings. The molecule has 7 rings (SSSR count). The van der Waals surface area contributed by atoms with Crippen LogP contribution < -0.4 is 10.7 Å². The molecule has 10 nitrogen and oxygen atoms in total. The molecule has 254 valence electrons. The number of benzene rings is 2. The van der Waals surface area contributed by atoms with Crippen molar-refractivity contribution in [2.75, 3.05) is 11.9 Å². The highest BCUT2D eigenvalue weighted by molar-refractivity contribution is 6.34. The lowest BCUT2D eigenvalue weighted by Gasteiger charge is -2.65. The highest BCUT2D eigenvalue weighted by atomic mass is 35.5. The Labute approximate surface area is 284 Å². The first-order valence-corrected chi connectivity index (χ1v) is 17.3. The summed E-state index contributed by atoms with van der Waals surface area (Å²) in [7, 11) is 0. The number of halogens is 1. The third-order valence-electron chi connectivity index (χ3n) is 12.6. The van der Waals surface area contributed by atoms with Crippen LogP contribution in [0.15, 0.2) is 65.3 Å². The van der Waals surface area contributed by atoms with E-state index in [1.54, 1.807) is 60.8 Å². The number of nitrogens with one attached hydrogen (secondary N) is 2. The van der Waals surface area contributed by atoms with Gasteiger partial charge in [0.05, 0.1) is 39.1 Å². The third kappa shape index (κ3) is 5.11. The van der Waals surface area contributed by atoms with Crippen molar-refractivity contribution in [2.24, 2.45) is 33.7 Å². The van der Waals surface area contributed by atoms with Crippen LogP contribution in [-0.4, -0.2) is 63.2 Å². The Morgan fingerprint density at radius 3 is 2.42 bits per heavy atom. The van der Waals surface area contributed by atoms with Gasteiger partial charge in [-0.15, -0.1) is 0 Å². The number of hydrogen-bond donors (Lipinski definition) is 5. The first-order chi connectivity index (χ1) is 22.9. The van der Waals surface area contributed by atoms with Gasteiger partial charge in [0.1, 0.15) is 6.61 Å². The zero-order valence-electron chi connectivity index (χ0n) is 27.0. The smallest absolute Gasteiger partial charge is 0.331 e. The number of esters is 1. The van der Waals surface area contributed by atoms with E-state index in [1.807, 2.05) is 0 Å². The molecule has 8 atom stereocenters. The predicted molar refractivity (Wildman–Crippen MR) is 179 cm³/mol. The molecule has 4 saturated carbocycles. The van der Waals surface area contributed by atoms with E-state index in [-0.39, 0.29) is 58.6 Å². The SMILES string of the molecule is CC12CC[C@H]3[C@@H](CCC4(O)C[C@H](O)CCC34C=NNC(=O)c3ccccc3NC(=O)c3ccccc3Cl)C1(O)CCC2C1=CC(=O)OC1. The minimum Gasteiger partial charge on any atom is -0.458 e. The Morgan fingerprint density at radius 2 is 1.67 bits per heavy atom. The molecule has 0 saturated heterocycles. The number of para-hydroxylation sites is 1. The van der Waals surface area contributed by atoms with Crippen LogP contribution >= 0.6 is 11.6 Å². The van der Waals surface area contributed by atoms with E-state index >= 15 is 0 Å². The molecule has 5 N–H and O–H groups in total. The summed E-state index contributed by atoms with van der Waals surface area (Å²) in [6.07, 6.45) is 7.46. The van der Waals surface area contributed by atoms with E-state index in [2.05, 4.69) is 22.8 Å². The summed E-state index contributed by atoms with van der Waals surface area (Å²) in [6, 6.07) is 13.2. The second kappa shape index (κ2) is 12.1. The molecular weight excluding hydrogens is 634 g/mol. The van der Waals surface area contributed by atoms with Gasteiger partial charge in [-0.25, -0.2) is 10.2 Å². The maximum absolute atomic E-state index is 13.5. The quantitative estimate of drug-likeness (QED) is 0.163. The number of ether oxygens (including phenoxy) is 1. The van der Waals surface area contributed by atoms with Gasteiger partial charge >= 0.3 is 5.97 Å². The van der Waals surface area contributed by atoms with Crippen LogP contribution in [0.4, 0.5) is 5.69 Å². The number of hydrogen-bond acceptors (Lipinski definition) is 8. The molecule has 48 heavy (non-hydrogen) atoms. The van der Waals surface area contributed by atoms with Crippen LogP contribution in [0, 0.1) is 28.6 Å². The molecule has 11 heteroatoms. The summed E-state index contributed by atoms with van der Waals surface area (Å²) in [5, 5.41) is 43.1. The van der Waals surface area contributed by atoms with Crippen molar-refractivity contribution in [3.8, 4) is 0 Å². The van der Waals surface area contributed by atoms with Crippen molar-refractivity contribution in [1.82, 2.24) is 5.43 Å². The number of hydrazone groups is 1. The average Bonchev–Trinajstić information content (AvgIpc) is 3.60. The maximum atomic E-state index is 13.5. The van der Waals surface area contributed by atoms with Crippen molar-refractivity contribution >= 4 is 41.3 Å². The summed E-state index contributed by atoms with van der Waals surface area (Å²) in [5.41, 5.74) is 0.724. The normalized spacial score (nSPS) is 37.2. The fourth-order valence-corrected chi connectivity index (χ4v) is 10.5. The summed E-state index contributed by atoms with van der Waals surface area (Å²) < 4.78 is 5.25. The van der Waals surface area contributed by atoms with Gasteiger partial charge in [0.25, 0.3) is 11.8 Å². The number of carbonyl (C=O) groups is 3. The summed E-state index contributed by atoms with van der Waals surface area (Å²) >= 11 is 6.21. The average molecular weight is 676 g/mol. The Hall–Kier alpha value is -3.57. The number of aliphatic hydroxyl groups is 3.